The normalized spacial score (nSPS) is 27.9. The zero-order valence-corrected chi connectivity index (χ0v) is 16.1. The van der Waals surface area contributed by atoms with E-state index in [9.17, 15) is 19.2 Å². The van der Waals surface area contributed by atoms with Gasteiger partial charge in [-0.25, -0.2) is 0 Å². The first-order valence-electron chi connectivity index (χ1n) is 10.3. The third-order valence-electron chi connectivity index (χ3n) is 6.88. The van der Waals surface area contributed by atoms with Gasteiger partial charge in [0.15, 0.2) is 0 Å². The van der Waals surface area contributed by atoms with E-state index >= 15 is 0 Å². The number of benzene rings is 1. The van der Waals surface area contributed by atoms with E-state index in [0.717, 1.165) is 42.8 Å². The summed E-state index contributed by atoms with van der Waals surface area (Å²) in [5.41, 5.74) is 1.88. The Kier molecular flexibility index (Phi) is 4.29. The van der Waals surface area contributed by atoms with Crippen molar-refractivity contribution in [1.82, 2.24) is 20.9 Å². The molecule has 1 aromatic rings. The minimum atomic E-state index is -0.928. The van der Waals surface area contributed by atoms with Crippen LogP contribution in [0, 0.1) is 5.41 Å². The first-order valence-corrected chi connectivity index (χ1v) is 10.3. The second-order valence-electron chi connectivity index (χ2n) is 8.54. The highest BCUT2D eigenvalue weighted by molar-refractivity contribution is 6.24. The SMILES string of the molecule is O=C1CCC(N2C(=O)c3cccc(CNC4CC45CCNCC5)c3C2=O)C(=O)N1. The highest BCUT2D eigenvalue weighted by atomic mass is 16.2. The lowest BCUT2D eigenvalue weighted by molar-refractivity contribution is -0.136. The van der Waals surface area contributed by atoms with Crippen LogP contribution >= 0.6 is 0 Å². The molecule has 3 fully saturated rings. The van der Waals surface area contributed by atoms with E-state index in [1.54, 1.807) is 12.1 Å². The second kappa shape index (κ2) is 6.74. The molecule has 4 aliphatic rings. The van der Waals surface area contributed by atoms with E-state index in [1.807, 2.05) is 6.07 Å². The molecule has 4 amide bonds. The van der Waals surface area contributed by atoms with Crippen LogP contribution < -0.4 is 16.0 Å². The summed E-state index contributed by atoms with van der Waals surface area (Å²) in [7, 11) is 0. The summed E-state index contributed by atoms with van der Waals surface area (Å²) in [5.74, 6) is -1.85. The Hall–Kier alpha value is -2.58. The molecule has 8 heteroatoms. The van der Waals surface area contributed by atoms with Crippen molar-refractivity contribution in [3.8, 4) is 0 Å². The van der Waals surface area contributed by atoms with Crippen LogP contribution in [0.4, 0.5) is 0 Å². The number of carbonyl (C=O) groups excluding carboxylic acids is 4. The predicted octanol–water partition coefficient (Wildman–Crippen LogP) is 0.320. The van der Waals surface area contributed by atoms with Gasteiger partial charge in [-0.1, -0.05) is 12.1 Å². The first kappa shape index (κ1) is 18.4. The minimum absolute atomic E-state index is 0.122. The number of nitrogens with zero attached hydrogens (tertiary/aromatic N) is 1. The van der Waals surface area contributed by atoms with Gasteiger partial charge in [-0.2, -0.15) is 0 Å². The van der Waals surface area contributed by atoms with Crippen molar-refractivity contribution in [1.29, 1.82) is 0 Å². The molecule has 3 heterocycles. The molecule has 3 aliphatic heterocycles. The summed E-state index contributed by atoms with van der Waals surface area (Å²) < 4.78 is 0. The lowest BCUT2D eigenvalue weighted by Crippen LogP contribution is -2.54. The number of hydrogen-bond acceptors (Lipinski definition) is 6. The minimum Gasteiger partial charge on any atom is -0.317 e. The number of fused-ring (bicyclic) bond motifs is 1. The Bertz CT molecular complexity index is 921. The molecule has 152 valence electrons. The maximum Gasteiger partial charge on any atom is 0.262 e. The third kappa shape index (κ3) is 2.98. The fourth-order valence-corrected chi connectivity index (χ4v) is 5.08. The summed E-state index contributed by atoms with van der Waals surface area (Å²) in [5, 5.41) is 9.19. The Balaban J connectivity index is 1.34. The largest absolute Gasteiger partial charge is 0.317 e. The lowest BCUT2D eigenvalue weighted by atomic mass is 9.94. The lowest BCUT2D eigenvalue weighted by Gasteiger charge is -2.27. The average molecular weight is 396 g/mol. The van der Waals surface area contributed by atoms with Crippen LogP contribution in [0.3, 0.4) is 0 Å². The maximum atomic E-state index is 13.1. The number of piperidine rings is 2. The third-order valence-corrected chi connectivity index (χ3v) is 6.88. The topological polar surface area (TPSA) is 108 Å². The Morgan fingerprint density at radius 2 is 1.90 bits per heavy atom. The van der Waals surface area contributed by atoms with Gasteiger partial charge in [0, 0.05) is 19.0 Å². The van der Waals surface area contributed by atoms with Gasteiger partial charge < -0.3 is 10.6 Å². The van der Waals surface area contributed by atoms with Crippen molar-refractivity contribution < 1.29 is 19.2 Å². The van der Waals surface area contributed by atoms with Crippen LogP contribution in [-0.2, 0) is 16.1 Å². The van der Waals surface area contributed by atoms with Gasteiger partial charge in [-0.3, -0.25) is 29.4 Å². The van der Waals surface area contributed by atoms with Crippen molar-refractivity contribution in [2.75, 3.05) is 13.1 Å². The second-order valence-corrected chi connectivity index (χ2v) is 8.54. The molecule has 1 aliphatic carbocycles. The number of carbonyl (C=O) groups is 4. The number of nitrogens with one attached hydrogen (secondary N) is 3. The van der Waals surface area contributed by atoms with Crippen molar-refractivity contribution in [3.05, 3.63) is 34.9 Å². The smallest absolute Gasteiger partial charge is 0.262 e. The van der Waals surface area contributed by atoms with Crippen molar-refractivity contribution in [2.45, 2.75) is 50.7 Å². The molecule has 0 aromatic heterocycles. The standard InChI is InChI=1S/C21H24N4O4/c26-16-5-4-14(18(27)24-16)25-19(28)13-3-1-2-12(17(13)20(25)29)11-23-15-10-21(15)6-8-22-9-7-21/h1-3,14-15,22-23H,4-11H2,(H,24,26,27). The van der Waals surface area contributed by atoms with Crippen LogP contribution in [0.5, 0.6) is 0 Å². The van der Waals surface area contributed by atoms with Gasteiger partial charge in [0.05, 0.1) is 11.1 Å². The molecule has 3 N–H and O–H groups in total. The summed E-state index contributed by atoms with van der Waals surface area (Å²) in [6.45, 7) is 2.62. The number of hydrogen-bond donors (Lipinski definition) is 3. The summed E-state index contributed by atoms with van der Waals surface area (Å²) in [4.78, 5) is 50.7. The van der Waals surface area contributed by atoms with Gasteiger partial charge in [0.2, 0.25) is 11.8 Å². The molecule has 8 nitrogen and oxygen atoms in total. The first-order chi connectivity index (χ1) is 14.0. The van der Waals surface area contributed by atoms with Gasteiger partial charge >= 0.3 is 0 Å². The Labute approximate surface area is 168 Å². The van der Waals surface area contributed by atoms with Gasteiger partial charge in [-0.15, -0.1) is 0 Å². The van der Waals surface area contributed by atoms with Crippen LogP contribution in [0.25, 0.3) is 0 Å². The highest BCUT2D eigenvalue weighted by Gasteiger charge is 2.53. The van der Waals surface area contributed by atoms with Gasteiger partial charge in [-0.05, 0) is 55.8 Å². The monoisotopic (exact) mass is 396 g/mol. The van der Waals surface area contributed by atoms with E-state index in [1.165, 1.54) is 0 Å². The molecule has 1 spiro atoms. The molecule has 0 radical (unpaired) electrons. The van der Waals surface area contributed by atoms with Crippen molar-refractivity contribution in [3.63, 3.8) is 0 Å². The van der Waals surface area contributed by atoms with E-state index in [0.29, 0.717) is 29.1 Å². The zero-order valence-electron chi connectivity index (χ0n) is 16.1. The Morgan fingerprint density at radius 3 is 2.66 bits per heavy atom. The molecular formula is C21H24N4O4. The number of rotatable bonds is 4. The summed E-state index contributed by atoms with van der Waals surface area (Å²) >= 11 is 0. The molecule has 0 bridgehead atoms. The fourth-order valence-electron chi connectivity index (χ4n) is 5.08. The maximum absolute atomic E-state index is 13.1. The van der Waals surface area contributed by atoms with Gasteiger partial charge in [0.1, 0.15) is 6.04 Å². The quantitative estimate of drug-likeness (QED) is 0.633. The number of amides is 4. The average Bonchev–Trinajstić information content (AvgIpc) is 3.31. The molecule has 2 atom stereocenters. The molecule has 2 saturated heterocycles. The molecule has 5 rings (SSSR count). The van der Waals surface area contributed by atoms with Crippen LogP contribution in [0.2, 0.25) is 0 Å². The molecule has 29 heavy (non-hydrogen) atoms. The number of imide groups is 2. The van der Waals surface area contributed by atoms with Crippen LogP contribution in [-0.4, -0.2) is 53.7 Å². The molecule has 1 aromatic carbocycles. The van der Waals surface area contributed by atoms with E-state index in [4.69, 9.17) is 0 Å². The van der Waals surface area contributed by atoms with Crippen molar-refractivity contribution in [2.24, 2.45) is 5.41 Å². The zero-order chi connectivity index (χ0) is 20.2. The Morgan fingerprint density at radius 1 is 1.10 bits per heavy atom. The van der Waals surface area contributed by atoms with E-state index < -0.39 is 23.8 Å². The fraction of sp³-hybridized carbons (Fsp3) is 0.524. The highest BCUT2D eigenvalue weighted by Crippen LogP contribution is 2.52. The van der Waals surface area contributed by atoms with Crippen LogP contribution in [0.15, 0.2) is 18.2 Å². The van der Waals surface area contributed by atoms with Gasteiger partial charge in [0.25, 0.3) is 11.8 Å². The van der Waals surface area contributed by atoms with E-state index in [2.05, 4.69) is 16.0 Å². The van der Waals surface area contributed by atoms with E-state index in [-0.39, 0.29) is 18.7 Å². The molecule has 1 saturated carbocycles. The summed E-state index contributed by atoms with van der Waals surface area (Å²) in [6.07, 6.45) is 3.77. The molecule has 2 unspecified atom stereocenters. The predicted molar refractivity (Wildman–Crippen MR) is 103 cm³/mol. The molecular weight excluding hydrogens is 372 g/mol. The summed E-state index contributed by atoms with van der Waals surface area (Å²) in [6, 6.07) is 4.79. The van der Waals surface area contributed by atoms with Crippen LogP contribution in [0.1, 0.15) is 58.4 Å². The van der Waals surface area contributed by atoms with Crippen molar-refractivity contribution >= 4 is 23.6 Å².